The van der Waals surface area contributed by atoms with Gasteiger partial charge in [0.05, 0.1) is 11.9 Å². The van der Waals surface area contributed by atoms with E-state index in [9.17, 15) is 18.0 Å². The van der Waals surface area contributed by atoms with Gasteiger partial charge in [-0.05, 0) is 49.6 Å². The lowest BCUT2D eigenvalue weighted by Crippen LogP contribution is -2.52. The van der Waals surface area contributed by atoms with Crippen LogP contribution in [0.1, 0.15) is 38.2 Å². The molecule has 2 aromatic carbocycles. The summed E-state index contributed by atoms with van der Waals surface area (Å²) < 4.78 is 37.7. The number of benzene rings is 2. The molecule has 9 nitrogen and oxygen atoms in total. The number of ether oxygens (including phenoxy) is 2. The monoisotopic (exact) mass is 549 g/mol. The number of nitrogens with one attached hydrogen (secondary N) is 1. The second-order valence-corrected chi connectivity index (χ2v) is 11.8. The molecule has 0 saturated heterocycles. The third-order valence-corrected chi connectivity index (χ3v) is 7.98. The van der Waals surface area contributed by atoms with Crippen LogP contribution in [0.4, 0.5) is 5.69 Å². The molecule has 1 aliphatic heterocycles. The summed E-state index contributed by atoms with van der Waals surface area (Å²) in [5, 5.41) is 3.54. The van der Waals surface area contributed by atoms with Crippen molar-refractivity contribution in [2.24, 2.45) is 0 Å². The minimum atomic E-state index is -3.85. The van der Waals surface area contributed by atoms with Crippen molar-refractivity contribution in [1.82, 2.24) is 10.2 Å². The van der Waals surface area contributed by atoms with E-state index in [0.717, 1.165) is 41.8 Å². The fourth-order valence-electron chi connectivity index (χ4n) is 4.61. The Balaban J connectivity index is 1.60. The lowest BCUT2D eigenvalue weighted by molar-refractivity contribution is -0.139. The van der Waals surface area contributed by atoms with E-state index in [1.807, 2.05) is 6.07 Å². The Labute approximate surface area is 222 Å². The lowest BCUT2D eigenvalue weighted by atomic mass is 10.1. The highest BCUT2D eigenvalue weighted by molar-refractivity contribution is 7.92. The maximum atomic E-state index is 13.7. The van der Waals surface area contributed by atoms with Gasteiger partial charge in [0.1, 0.15) is 25.8 Å². The Morgan fingerprint density at radius 2 is 1.78 bits per heavy atom. The summed E-state index contributed by atoms with van der Waals surface area (Å²) in [5.41, 5.74) is 0.998. The topological polar surface area (TPSA) is 105 Å². The van der Waals surface area contributed by atoms with E-state index in [1.54, 1.807) is 43.3 Å². The van der Waals surface area contributed by atoms with Crippen LogP contribution in [0.2, 0.25) is 5.02 Å². The molecule has 0 radical (unpaired) electrons. The van der Waals surface area contributed by atoms with Gasteiger partial charge in [-0.15, -0.1) is 0 Å². The predicted molar refractivity (Wildman–Crippen MR) is 141 cm³/mol. The lowest BCUT2D eigenvalue weighted by Gasteiger charge is -2.32. The second-order valence-electron chi connectivity index (χ2n) is 9.42. The average molecular weight is 550 g/mol. The summed E-state index contributed by atoms with van der Waals surface area (Å²) in [6, 6.07) is 11.0. The maximum Gasteiger partial charge on any atom is 0.244 e. The number of nitrogens with zero attached hydrogens (tertiary/aromatic N) is 2. The van der Waals surface area contributed by atoms with E-state index in [1.165, 1.54) is 4.90 Å². The van der Waals surface area contributed by atoms with Crippen molar-refractivity contribution < 1.29 is 27.5 Å². The number of amides is 2. The Hall–Kier alpha value is -2.98. The molecular weight excluding hydrogens is 518 g/mol. The quantitative estimate of drug-likeness (QED) is 0.514. The van der Waals surface area contributed by atoms with Crippen LogP contribution >= 0.6 is 11.6 Å². The minimum Gasteiger partial charge on any atom is -0.486 e. The zero-order chi connectivity index (χ0) is 26.6. The molecule has 1 N–H and O–H groups in total. The molecule has 37 heavy (non-hydrogen) atoms. The van der Waals surface area contributed by atoms with E-state index in [0.29, 0.717) is 29.7 Å². The van der Waals surface area contributed by atoms with Crippen LogP contribution < -0.4 is 19.1 Å². The van der Waals surface area contributed by atoms with Crippen molar-refractivity contribution in [2.75, 3.05) is 30.3 Å². The van der Waals surface area contributed by atoms with Crippen LogP contribution in [-0.2, 0) is 26.2 Å². The SMILES string of the molecule is C[C@@H](C(=O)NC1CCCC1)N(Cc1cccc(Cl)c1)C(=O)CN(c1ccc2c(c1)OCCO2)S(C)(=O)=O. The van der Waals surface area contributed by atoms with Gasteiger partial charge in [-0.2, -0.15) is 0 Å². The van der Waals surface area contributed by atoms with Crippen molar-refractivity contribution in [3.63, 3.8) is 0 Å². The van der Waals surface area contributed by atoms with Crippen molar-refractivity contribution >= 4 is 39.1 Å². The van der Waals surface area contributed by atoms with Crippen LogP contribution in [-0.4, -0.2) is 63.2 Å². The molecule has 200 valence electrons. The van der Waals surface area contributed by atoms with Crippen molar-refractivity contribution in [2.45, 2.75) is 51.2 Å². The summed E-state index contributed by atoms with van der Waals surface area (Å²) in [7, 11) is -3.85. The molecule has 0 aromatic heterocycles. The Morgan fingerprint density at radius 3 is 2.46 bits per heavy atom. The molecule has 0 spiro atoms. The van der Waals surface area contributed by atoms with Gasteiger partial charge in [-0.3, -0.25) is 13.9 Å². The van der Waals surface area contributed by atoms with Gasteiger partial charge in [0.2, 0.25) is 21.8 Å². The van der Waals surface area contributed by atoms with Crippen LogP contribution in [0.5, 0.6) is 11.5 Å². The van der Waals surface area contributed by atoms with E-state index in [2.05, 4.69) is 5.32 Å². The molecule has 4 rings (SSSR count). The molecule has 0 unspecified atom stereocenters. The zero-order valence-electron chi connectivity index (χ0n) is 21.0. The van der Waals surface area contributed by atoms with Crippen LogP contribution in [0.3, 0.4) is 0 Å². The molecule has 2 aromatic rings. The predicted octanol–water partition coefficient (Wildman–Crippen LogP) is 3.35. The standard InChI is InChI=1S/C26H32ClN3O6S/c1-18(26(32)28-21-8-3-4-9-21)29(16-19-6-5-7-20(27)14-19)25(31)17-30(37(2,33)34)22-10-11-23-24(15-22)36-13-12-35-23/h5-7,10-11,14-15,18,21H,3-4,8-9,12-13,16-17H2,1-2H3,(H,28,32)/t18-/m0/s1. The molecule has 11 heteroatoms. The number of sulfonamides is 1. The van der Waals surface area contributed by atoms with E-state index < -0.39 is 28.5 Å². The van der Waals surface area contributed by atoms with Crippen molar-refractivity contribution in [3.8, 4) is 11.5 Å². The van der Waals surface area contributed by atoms with E-state index in [4.69, 9.17) is 21.1 Å². The normalized spacial score (nSPS) is 16.2. The van der Waals surface area contributed by atoms with E-state index in [-0.39, 0.29) is 24.2 Å². The number of fused-ring (bicyclic) bond motifs is 1. The molecule has 1 fully saturated rings. The number of halogens is 1. The first kappa shape index (κ1) is 27.1. The molecule has 0 bridgehead atoms. The molecule has 1 atom stereocenters. The highest BCUT2D eigenvalue weighted by atomic mass is 35.5. The first-order chi connectivity index (χ1) is 17.6. The highest BCUT2D eigenvalue weighted by Gasteiger charge is 2.32. The first-order valence-corrected chi connectivity index (χ1v) is 14.6. The van der Waals surface area contributed by atoms with Gasteiger partial charge < -0.3 is 19.7 Å². The van der Waals surface area contributed by atoms with Gasteiger partial charge in [0.25, 0.3) is 0 Å². The maximum absolute atomic E-state index is 13.7. The summed E-state index contributed by atoms with van der Waals surface area (Å²) in [5.74, 6) is 0.126. The highest BCUT2D eigenvalue weighted by Crippen LogP contribution is 2.34. The largest absolute Gasteiger partial charge is 0.486 e. The number of carbonyl (C=O) groups excluding carboxylic acids is 2. The minimum absolute atomic E-state index is 0.0864. The van der Waals surface area contributed by atoms with Gasteiger partial charge in [0, 0.05) is 23.7 Å². The summed E-state index contributed by atoms with van der Waals surface area (Å²) in [6.07, 6.45) is 4.97. The molecule has 2 amide bonds. The molecule has 1 saturated carbocycles. The Bertz CT molecular complexity index is 1250. The fourth-order valence-corrected chi connectivity index (χ4v) is 5.66. The number of anilines is 1. The zero-order valence-corrected chi connectivity index (χ0v) is 22.6. The number of carbonyl (C=O) groups is 2. The fraction of sp³-hybridized carbons (Fsp3) is 0.462. The van der Waals surface area contributed by atoms with Crippen LogP contribution in [0, 0.1) is 0 Å². The third-order valence-electron chi connectivity index (χ3n) is 6.60. The van der Waals surface area contributed by atoms with Gasteiger partial charge >= 0.3 is 0 Å². The number of hydrogen-bond donors (Lipinski definition) is 1. The third kappa shape index (κ3) is 6.87. The summed E-state index contributed by atoms with van der Waals surface area (Å²) >= 11 is 6.15. The molecular formula is C26H32ClN3O6S. The van der Waals surface area contributed by atoms with E-state index >= 15 is 0 Å². The van der Waals surface area contributed by atoms with Gasteiger partial charge in [-0.25, -0.2) is 8.42 Å². The smallest absolute Gasteiger partial charge is 0.244 e. The Kier molecular flexibility index (Phi) is 8.49. The van der Waals surface area contributed by atoms with Gasteiger partial charge in [-0.1, -0.05) is 36.6 Å². The second kappa shape index (κ2) is 11.6. The molecule has 1 aliphatic carbocycles. The molecule has 2 aliphatic rings. The first-order valence-electron chi connectivity index (χ1n) is 12.3. The number of hydrogen-bond acceptors (Lipinski definition) is 6. The Morgan fingerprint density at radius 1 is 1.08 bits per heavy atom. The number of rotatable bonds is 9. The van der Waals surface area contributed by atoms with Crippen LogP contribution in [0.15, 0.2) is 42.5 Å². The van der Waals surface area contributed by atoms with Gasteiger partial charge in [0.15, 0.2) is 11.5 Å². The average Bonchev–Trinajstić information content (AvgIpc) is 3.37. The molecule has 1 heterocycles. The van der Waals surface area contributed by atoms with Crippen molar-refractivity contribution in [1.29, 1.82) is 0 Å². The van der Waals surface area contributed by atoms with Crippen LogP contribution in [0.25, 0.3) is 0 Å². The summed E-state index contributed by atoms with van der Waals surface area (Å²) in [6.45, 7) is 2.01. The van der Waals surface area contributed by atoms with Crippen molar-refractivity contribution in [3.05, 3.63) is 53.1 Å². The summed E-state index contributed by atoms with van der Waals surface area (Å²) in [4.78, 5) is 28.2.